The minimum atomic E-state index is -0.531. The van der Waals surface area contributed by atoms with Crippen LogP contribution in [0.2, 0.25) is 0 Å². The molecule has 4 rings (SSSR count). The van der Waals surface area contributed by atoms with Gasteiger partial charge in [0.05, 0.1) is 11.0 Å². The molecule has 0 radical (unpaired) electrons. The highest BCUT2D eigenvalue weighted by molar-refractivity contribution is 5.41. The molecule has 0 amide bonds. The van der Waals surface area contributed by atoms with Crippen molar-refractivity contribution in [3.63, 3.8) is 0 Å². The van der Waals surface area contributed by atoms with Crippen molar-refractivity contribution < 1.29 is 9.66 Å². The molecule has 2 aromatic carbocycles. The van der Waals surface area contributed by atoms with Crippen molar-refractivity contribution in [2.45, 2.75) is 43.7 Å². The van der Waals surface area contributed by atoms with E-state index in [-0.39, 0.29) is 5.69 Å². The summed E-state index contributed by atoms with van der Waals surface area (Å²) in [6.45, 7) is 0.985. The van der Waals surface area contributed by atoms with Gasteiger partial charge in [0.1, 0.15) is 17.0 Å². The number of nitriles is 1. The molecule has 2 aromatic rings. The second-order valence-electron chi connectivity index (χ2n) is 7.23. The number of hydrogen-bond donors (Lipinski definition) is 0. The number of ether oxygens (including phenoxy) is 1. The van der Waals surface area contributed by atoms with Gasteiger partial charge in [-0.15, -0.1) is 0 Å². The third-order valence-electron chi connectivity index (χ3n) is 5.76. The van der Waals surface area contributed by atoms with Crippen molar-refractivity contribution in [3.05, 3.63) is 64.2 Å². The zero-order valence-corrected chi connectivity index (χ0v) is 15.0. The zero-order chi connectivity index (χ0) is 18.9. The standard InChI is InChI=1S/C21H21N3O3/c22-15-21(13-12-17-3-1-2-14-23(17)21)16-4-8-19(9-5-16)27-20-10-6-18(7-11-20)24(25)26/h4-11,17H,1-3,12-14H2. The van der Waals surface area contributed by atoms with Gasteiger partial charge in [0.25, 0.3) is 5.69 Å². The van der Waals surface area contributed by atoms with Gasteiger partial charge in [-0.2, -0.15) is 5.26 Å². The Morgan fingerprint density at radius 3 is 2.37 bits per heavy atom. The maximum Gasteiger partial charge on any atom is 0.269 e. The lowest BCUT2D eigenvalue weighted by Gasteiger charge is -2.39. The largest absolute Gasteiger partial charge is 0.457 e. The third-order valence-corrected chi connectivity index (χ3v) is 5.76. The lowest BCUT2D eigenvalue weighted by molar-refractivity contribution is -0.384. The highest BCUT2D eigenvalue weighted by Gasteiger charge is 2.48. The van der Waals surface area contributed by atoms with Gasteiger partial charge in [-0.25, -0.2) is 0 Å². The fourth-order valence-corrected chi connectivity index (χ4v) is 4.39. The van der Waals surface area contributed by atoms with E-state index in [4.69, 9.17) is 4.74 Å². The number of benzene rings is 2. The Bertz CT molecular complexity index is 873. The lowest BCUT2D eigenvalue weighted by atomic mass is 9.88. The molecule has 0 aliphatic carbocycles. The van der Waals surface area contributed by atoms with Gasteiger partial charge in [0.2, 0.25) is 0 Å². The van der Waals surface area contributed by atoms with Crippen LogP contribution in [-0.4, -0.2) is 22.4 Å². The van der Waals surface area contributed by atoms with Crippen LogP contribution in [0.3, 0.4) is 0 Å². The Hall–Kier alpha value is -2.91. The molecule has 2 fully saturated rings. The van der Waals surface area contributed by atoms with E-state index in [2.05, 4.69) is 11.0 Å². The van der Waals surface area contributed by atoms with E-state index < -0.39 is 10.5 Å². The minimum absolute atomic E-state index is 0.0333. The monoisotopic (exact) mass is 363 g/mol. The lowest BCUT2D eigenvalue weighted by Crippen LogP contribution is -2.46. The highest BCUT2D eigenvalue weighted by Crippen LogP contribution is 2.45. The Morgan fingerprint density at radius 1 is 1.07 bits per heavy atom. The van der Waals surface area contributed by atoms with Crippen molar-refractivity contribution in [3.8, 4) is 17.6 Å². The predicted octanol–water partition coefficient (Wildman–Crippen LogP) is 4.75. The smallest absolute Gasteiger partial charge is 0.269 e. The van der Waals surface area contributed by atoms with E-state index in [0.717, 1.165) is 31.4 Å². The van der Waals surface area contributed by atoms with Gasteiger partial charge in [-0.3, -0.25) is 15.0 Å². The summed E-state index contributed by atoms with van der Waals surface area (Å²) < 4.78 is 5.78. The van der Waals surface area contributed by atoms with Crippen molar-refractivity contribution in [2.24, 2.45) is 0 Å². The van der Waals surface area contributed by atoms with Crippen LogP contribution in [0, 0.1) is 21.4 Å². The second-order valence-corrected chi connectivity index (χ2v) is 7.23. The number of fused-ring (bicyclic) bond motifs is 1. The first-order valence-electron chi connectivity index (χ1n) is 9.33. The molecule has 0 N–H and O–H groups in total. The Morgan fingerprint density at radius 2 is 1.74 bits per heavy atom. The number of rotatable bonds is 4. The first-order valence-corrected chi connectivity index (χ1v) is 9.33. The molecule has 0 aromatic heterocycles. The number of piperidine rings is 1. The van der Waals surface area contributed by atoms with Crippen LogP contribution < -0.4 is 4.74 Å². The highest BCUT2D eigenvalue weighted by atomic mass is 16.6. The molecular formula is C21H21N3O3. The van der Waals surface area contributed by atoms with Crippen LogP contribution in [0.5, 0.6) is 11.5 Å². The summed E-state index contributed by atoms with van der Waals surface area (Å²) in [5.74, 6) is 1.19. The van der Waals surface area contributed by atoms with Crippen LogP contribution in [0.1, 0.15) is 37.7 Å². The van der Waals surface area contributed by atoms with Crippen LogP contribution >= 0.6 is 0 Å². The van der Waals surface area contributed by atoms with Gasteiger partial charge < -0.3 is 4.74 Å². The molecule has 6 heteroatoms. The first kappa shape index (κ1) is 17.5. The summed E-state index contributed by atoms with van der Waals surface area (Å²) in [4.78, 5) is 12.7. The molecule has 2 aliphatic heterocycles. The Balaban J connectivity index is 1.53. The molecule has 138 valence electrons. The summed E-state index contributed by atoms with van der Waals surface area (Å²) in [6, 6.07) is 16.8. The van der Waals surface area contributed by atoms with Gasteiger partial charge in [0.15, 0.2) is 0 Å². The fourth-order valence-electron chi connectivity index (χ4n) is 4.39. The van der Waals surface area contributed by atoms with Crippen molar-refractivity contribution in [2.75, 3.05) is 6.54 Å². The summed E-state index contributed by atoms with van der Waals surface area (Å²) >= 11 is 0. The molecule has 2 saturated heterocycles. The van der Waals surface area contributed by atoms with Crippen LogP contribution in [0.4, 0.5) is 5.69 Å². The van der Waals surface area contributed by atoms with Gasteiger partial charge >= 0.3 is 0 Å². The van der Waals surface area contributed by atoms with E-state index in [1.54, 1.807) is 12.1 Å². The molecule has 2 unspecified atom stereocenters. The van der Waals surface area contributed by atoms with E-state index in [0.29, 0.717) is 17.5 Å². The molecule has 2 aliphatic rings. The summed E-state index contributed by atoms with van der Waals surface area (Å²) in [6.07, 6.45) is 5.54. The van der Waals surface area contributed by atoms with Crippen molar-refractivity contribution in [1.82, 2.24) is 4.90 Å². The number of nitro groups is 1. The predicted molar refractivity (Wildman–Crippen MR) is 100 cm³/mol. The summed E-state index contributed by atoms with van der Waals surface area (Å²) in [7, 11) is 0. The average Bonchev–Trinajstić information content (AvgIpc) is 3.09. The van der Waals surface area contributed by atoms with Gasteiger partial charge in [-0.05, 0) is 55.5 Å². The maximum absolute atomic E-state index is 10.7. The maximum atomic E-state index is 10.7. The van der Waals surface area contributed by atoms with E-state index in [1.165, 1.54) is 25.0 Å². The summed E-state index contributed by atoms with van der Waals surface area (Å²) in [5.41, 5.74) is 0.521. The number of nitrogens with zero attached hydrogens (tertiary/aromatic N) is 3. The second kappa shape index (κ2) is 7.01. The van der Waals surface area contributed by atoms with Crippen LogP contribution in [0.15, 0.2) is 48.5 Å². The van der Waals surface area contributed by atoms with Crippen molar-refractivity contribution in [1.29, 1.82) is 5.26 Å². The normalized spacial score (nSPS) is 24.8. The Kier molecular flexibility index (Phi) is 4.54. The number of nitro benzene ring substituents is 1. The zero-order valence-electron chi connectivity index (χ0n) is 15.0. The Labute approximate surface area is 158 Å². The number of non-ortho nitro benzene ring substituents is 1. The SMILES string of the molecule is N#CC1(c2ccc(Oc3ccc([N+](=O)[O-])cc3)cc2)CCC2CCCCN21. The molecule has 0 bridgehead atoms. The van der Waals surface area contributed by atoms with Crippen LogP contribution in [0.25, 0.3) is 0 Å². The fraction of sp³-hybridized carbons (Fsp3) is 0.381. The molecule has 6 nitrogen and oxygen atoms in total. The number of hydrogen-bond acceptors (Lipinski definition) is 5. The van der Waals surface area contributed by atoms with Crippen molar-refractivity contribution >= 4 is 5.69 Å². The third kappa shape index (κ3) is 3.15. The van der Waals surface area contributed by atoms with Crippen LogP contribution in [-0.2, 0) is 5.54 Å². The first-order chi connectivity index (χ1) is 13.1. The van der Waals surface area contributed by atoms with E-state index >= 15 is 0 Å². The molecular weight excluding hydrogens is 342 g/mol. The average molecular weight is 363 g/mol. The molecule has 27 heavy (non-hydrogen) atoms. The summed E-state index contributed by atoms with van der Waals surface area (Å²) in [5, 5.41) is 20.7. The molecule has 2 atom stereocenters. The topological polar surface area (TPSA) is 79.4 Å². The quantitative estimate of drug-likeness (QED) is 0.578. The van der Waals surface area contributed by atoms with Gasteiger partial charge in [0, 0.05) is 24.7 Å². The van der Waals surface area contributed by atoms with E-state index in [9.17, 15) is 15.4 Å². The van der Waals surface area contributed by atoms with Gasteiger partial charge in [-0.1, -0.05) is 18.6 Å². The molecule has 0 spiro atoms. The van der Waals surface area contributed by atoms with E-state index in [1.807, 2.05) is 24.3 Å². The molecule has 2 heterocycles. The molecule has 0 saturated carbocycles. The minimum Gasteiger partial charge on any atom is -0.457 e.